The van der Waals surface area contributed by atoms with Crippen LogP contribution in [0.2, 0.25) is 0 Å². The van der Waals surface area contributed by atoms with Gasteiger partial charge in [0.1, 0.15) is 11.5 Å². The summed E-state index contributed by atoms with van der Waals surface area (Å²) in [4.78, 5) is 10.6. The largest absolute Gasteiger partial charge is 0.497 e. The van der Waals surface area contributed by atoms with Crippen molar-refractivity contribution in [2.24, 2.45) is 0 Å². The van der Waals surface area contributed by atoms with Crippen molar-refractivity contribution in [1.82, 2.24) is 0 Å². The van der Waals surface area contributed by atoms with Crippen LogP contribution in [-0.4, -0.2) is 18.2 Å². The third-order valence-electron chi connectivity index (χ3n) is 2.19. The Balaban J connectivity index is 2.31. The van der Waals surface area contributed by atoms with Gasteiger partial charge in [0.2, 0.25) is 5.76 Å². The quantitative estimate of drug-likeness (QED) is 0.860. The van der Waals surface area contributed by atoms with Gasteiger partial charge in [-0.1, -0.05) is 0 Å². The van der Waals surface area contributed by atoms with Crippen molar-refractivity contribution >= 4 is 5.97 Å². The summed E-state index contributed by atoms with van der Waals surface area (Å²) in [6.07, 6.45) is 0. The fourth-order valence-corrected chi connectivity index (χ4v) is 1.36. The zero-order chi connectivity index (χ0) is 11.5. The van der Waals surface area contributed by atoms with E-state index in [0.29, 0.717) is 5.76 Å². The molecule has 0 bridgehead atoms. The van der Waals surface area contributed by atoms with Gasteiger partial charge in [-0.25, -0.2) is 4.79 Å². The maximum absolute atomic E-state index is 10.6. The van der Waals surface area contributed by atoms with E-state index in [1.807, 2.05) is 12.1 Å². The van der Waals surface area contributed by atoms with Gasteiger partial charge in [-0.2, -0.15) is 0 Å². The summed E-state index contributed by atoms with van der Waals surface area (Å²) >= 11 is 0. The van der Waals surface area contributed by atoms with Crippen molar-refractivity contribution in [3.63, 3.8) is 0 Å². The van der Waals surface area contributed by atoms with Crippen molar-refractivity contribution in [2.75, 3.05) is 7.11 Å². The number of ether oxygens (including phenoxy) is 1. The Morgan fingerprint density at radius 3 is 2.38 bits per heavy atom. The highest BCUT2D eigenvalue weighted by molar-refractivity contribution is 5.85. The first-order chi connectivity index (χ1) is 7.70. The fraction of sp³-hybridized carbons (Fsp3) is 0.0833. The molecule has 2 aromatic rings. The van der Waals surface area contributed by atoms with Crippen LogP contribution in [0.3, 0.4) is 0 Å². The minimum atomic E-state index is -1.07. The summed E-state index contributed by atoms with van der Waals surface area (Å²) in [6.45, 7) is 0. The maximum Gasteiger partial charge on any atom is 0.371 e. The van der Waals surface area contributed by atoms with Crippen LogP contribution in [0.4, 0.5) is 0 Å². The maximum atomic E-state index is 10.6. The van der Waals surface area contributed by atoms with E-state index in [1.165, 1.54) is 6.07 Å². The molecule has 0 aliphatic rings. The lowest BCUT2D eigenvalue weighted by Crippen LogP contribution is -1.91. The molecule has 1 heterocycles. The van der Waals surface area contributed by atoms with Crippen LogP contribution in [-0.2, 0) is 0 Å². The molecule has 2 rings (SSSR count). The van der Waals surface area contributed by atoms with Gasteiger partial charge >= 0.3 is 5.97 Å². The van der Waals surface area contributed by atoms with E-state index in [1.54, 1.807) is 25.3 Å². The van der Waals surface area contributed by atoms with Gasteiger partial charge in [0, 0.05) is 5.56 Å². The summed E-state index contributed by atoms with van der Waals surface area (Å²) in [5.41, 5.74) is 0.813. The Morgan fingerprint density at radius 1 is 1.19 bits per heavy atom. The predicted octanol–water partition coefficient (Wildman–Crippen LogP) is 2.65. The Labute approximate surface area is 92.1 Å². The second-order valence-electron chi connectivity index (χ2n) is 3.20. The molecular weight excluding hydrogens is 208 g/mol. The Hall–Kier alpha value is -2.23. The second-order valence-corrected chi connectivity index (χ2v) is 3.20. The molecule has 0 amide bonds. The van der Waals surface area contributed by atoms with Gasteiger partial charge in [-0.15, -0.1) is 0 Å². The van der Waals surface area contributed by atoms with Crippen LogP contribution < -0.4 is 4.74 Å². The molecule has 16 heavy (non-hydrogen) atoms. The molecule has 82 valence electrons. The number of benzene rings is 1. The van der Waals surface area contributed by atoms with Gasteiger partial charge in [-0.05, 0) is 36.4 Å². The highest BCUT2D eigenvalue weighted by Crippen LogP contribution is 2.24. The first-order valence-corrected chi connectivity index (χ1v) is 4.68. The molecule has 1 aromatic carbocycles. The zero-order valence-corrected chi connectivity index (χ0v) is 8.64. The molecule has 4 heteroatoms. The first-order valence-electron chi connectivity index (χ1n) is 4.68. The molecule has 0 radical (unpaired) electrons. The van der Waals surface area contributed by atoms with Crippen molar-refractivity contribution in [3.8, 4) is 17.1 Å². The number of rotatable bonds is 3. The van der Waals surface area contributed by atoms with Crippen molar-refractivity contribution < 1.29 is 19.1 Å². The molecule has 0 aliphatic carbocycles. The van der Waals surface area contributed by atoms with Crippen molar-refractivity contribution in [2.45, 2.75) is 0 Å². The normalized spacial score (nSPS) is 10.1. The van der Waals surface area contributed by atoms with Crippen molar-refractivity contribution in [3.05, 3.63) is 42.2 Å². The molecule has 0 saturated heterocycles. The zero-order valence-electron chi connectivity index (χ0n) is 8.64. The number of hydrogen-bond acceptors (Lipinski definition) is 3. The van der Waals surface area contributed by atoms with E-state index in [-0.39, 0.29) is 5.76 Å². The second kappa shape index (κ2) is 4.10. The number of carboxylic acid groups (broad SMARTS) is 1. The predicted molar refractivity (Wildman–Crippen MR) is 57.7 cm³/mol. The number of hydrogen-bond donors (Lipinski definition) is 1. The highest BCUT2D eigenvalue weighted by Gasteiger charge is 2.09. The molecular formula is C12H10O4. The summed E-state index contributed by atoms with van der Waals surface area (Å²) < 4.78 is 10.2. The summed E-state index contributed by atoms with van der Waals surface area (Å²) in [6, 6.07) is 10.3. The van der Waals surface area contributed by atoms with Crippen LogP contribution in [0.1, 0.15) is 10.6 Å². The first kappa shape index (κ1) is 10.3. The summed E-state index contributed by atoms with van der Waals surface area (Å²) in [7, 11) is 1.59. The molecule has 1 aromatic heterocycles. The van der Waals surface area contributed by atoms with Gasteiger partial charge in [0.15, 0.2) is 0 Å². The van der Waals surface area contributed by atoms with Crippen LogP contribution in [0.5, 0.6) is 5.75 Å². The smallest absolute Gasteiger partial charge is 0.371 e. The molecule has 0 unspecified atom stereocenters. The number of carboxylic acids is 1. The number of carbonyl (C=O) groups is 1. The monoisotopic (exact) mass is 218 g/mol. The molecule has 4 nitrogen and oxygen atoms in total. The van der Waals surface area contributed by atoms with E-state index < -0.39 is 5.97 Å². The van der Waals surface area contributed by atoms with Crippen molar-refractivity contribution in [1.29, 1.82) is 0 Å². The summed E-state index contributed by atoms with van der Waals surface area (Å²) in [5, 5.41) is 8.71. The molecule has 0 atom stereocenters. The minimum absolute atomic E-state index is 0.0641. The van der Waals surface area contributed by atoms with E-state index in [2.05, 4.69) is 0 Å². The molecule has 1 N–H and O–H groups in total. The fourth-order valence-electron chi connectivity index (χ4n) is 1.36. The summed E-state index contributed by atoms with van der Waals surface area (Å²) in [5.74, 6) is 0.138. The average molecular weight is 218 g/mol. The van der Waals surface area contributed by atoms with Crippen LogP contribution in [0, 0.1) is 0 Å². The molecule has 0 fully saturated rings. The van der Waals surface area contributed by atoms with E-state index in [4.69, 9.17) is 14.3 Å². The SMILES string of the molecule is COc1ccc(-c2ccc(C(=O)O)o2)cc1. The highest BCUT2D eigenvalue weighted by atomic mass is 16.5. The Morgan fingerprint density at radius 2 is 1.88 bits per heavy atom. The van der Waals surface area contributed by atoms with Crippen LogP contribution >= 0.6 is 0 Å². The lowest BCUT2D eigenvalue weighted by molar-refractivity contribution is 0.0663. The minimum Gasteiger partial charge on any atom is -0.497 e. The molecule has 0 spiro atoms. The third-order valence-corrected chi connectivity index (χ3v) is 2.19. The topological polar surface area (TPSA) is 59.7 Å². The number of aromatic carboxylic acids is 1. The van der Waals surface area contributed by atoms with Crippen LogP contribution in [0.25, 0.3) is 11.3 Å². The standard InChI is InChI=1S/C12H10O4/c1-15-9-4-2-8(3-5-9)10-6-7-11(16-10)12(13)14/h2-7H,1H3,(H,13,14). The van der Waals surface area contributed by atoms with Gasteiger partial charge in [0.25, 0.3) is 0 Å². The van der Waals surface area contributed by atoms with E-state index in [0.717, 1.165) is 11.3 Å². The number of furan rings is 1. The van der Waals surface area contributed by atoms with Crippen LogP contribution in [0.15, 0.2) is 40.8 Å². The Bertz CT molecular complexity index is 496. The lowest BCUT2D eigenvalue weighted by atomic mass is 10.2. The third kappa shape index (κ3) is 1.91. The molecule has 0 saturated carbocycles. The van der Waals surface area contributed by atoms with Gasteiger partial charge in [0.05, 0.1) is 7.11 Å². The Kier molecular flexibility index (Phi) is 2.64. The van der Waals surface area contributed by atoms with E-state index in [9.17, 15) is 4.79 Å². The van der Waals surface area contributed by atoms with E-state index >= 15 is 0 Å². The molecule has 0 aliphatic heterocycles. The van der Waals surface area contributed by atoms with Gasteiger partial charge < -0.3 is 14.3 Å². The van der Waals surface area contributed by atoms with Gasteiger partial charge in [-0.3, -0.25) is 0 Å². The lowest BCUT2D eigenvalue weighted by Gasteiger charge is -2.00. The average Bonchev–Trinajstić information content (AvgIpc) is 2.78. The number of methoxy groups -OCH3 is 1.